The summed E-state index contributed by atoms with van der Waals surface area (Å²) < 4.78 is 0. The zero-order valence-electron chi connectivity index (χ0n) is 15.9. The van der Waals surface area contributed by atoms with Crippen molar-refractivity contribution in [1.82, 2.24) is 10.3 Å². The highest BCUT2D eigenvalue weighted by Gasteiger charge is 2.15. The number of Topliss-reactive ketones (excluding diaryl/α,β-unsaturated/α-hetero) is 1. The predicted octanol–water partition coefficient (Wildman–Crippen LogP) is 5.05. The van der Waals surface area contributed by atoms with Crippen molar-refractivity contribution in [2.45, 2.75) is 13.3 Å². The number of nitrogens with zero attached hydrogens (tertiary/aromatic N) is 1. The van der Waals surface area contributed by atoms with Crippen molar-refractivity contribution >= 4 is 40.6 Å². The number of amides is 2. The van der Waals surface area contributed by atoms with Gasteiger partial charge in [-0.05, 0) is 36.8 Å². The van der Waals surface area contributed by atoms with E-state index in [1.807, 2.05) is 49.4 Å². The minimum atomic E-state index is -0.358. The maximum Gasteiger partial charge on any atom is 0.320 e. The van der Waals surface area contributed by atoms with E-state index in [4.69, 9.17) is 11.6 Å². The maximum atomic E-state index is 12.9. The second-order valence-electron chi connectivity index (χ2n) is 6.32. The van der Waals surface area contributed by atoms with E-state index in [2.05, 4.69) is 20.9 Å². The first kappa shape index (κ1) is 20.4. The number of aromatic nitrogens is 1. The van der Waals surface area contributed by atoms with Crippen molar-refractivity contribution in [3.05, 3.63) is 83.0 Å². The van der Waals surface area contributed by atoms with Crippen molar-refractivity contribution in [3.8, 4) is 0 Å². The molecule has 0 saturated heterocycles. The van der Waals surface area contributed by atoms with Crippen LogP contribution in [0.5, 0.6) is 0 Å². The number of benzene rings is 2. The number of carbonyl (C=O) groups is 2. The highest BCUT2D eigenvalue weighted by molar-refractivity contribution is 6.30. The van der Waals surface area contributed by atoms with Crippen LogP contribution in [0.15, 0.2) is 66.9 Å². The molecule has 148 valence electrons. The Bertz CT molecular complexity index is 1010. The van der Waals surface area contributed by atoms with E-state index in [9.17, 15) is 9.59 Å². The van der Waals surface area contributed by atoms with Crippen LogP contribution in [0.1, 0.15) is 22.8 Å². The second kappa shape index (κ2) is 9.71. The van der Waals surface area contributed by atoms with Crippen molar-refractivity contribution in [2.24, 2.45) is 0 Å². The van der Waals surface area contributed by atoms with Crippen molar-refractivity contribution in [1.29, 1.82) is 0 Å². The van der Waals surface area contributed by atoms with Crippen LogP contribution in [0.25, 0.3) is 0 Å². The number of rotatable bonds is 7. The molecule has 0 atom stereocenters. The largest absolute Gasteiger partial charge is 0.355 e. The highest BCUT2D eigenvalue weighted by Crippen LogP contribution is 2.25. The molecule has 0 radical (unpaired) electrons. The van der Waals surface area contributed by atoms with E-state index in [0.717, 1.165) is 11.3 Å². The summed E-state index contributed by atoms with van der Waals surface area (Å²) in [5.74, 6) is 0.233. The lowest BCUT2D eigenvalue weighted by Gasteiger charge is -2.14. The molecule has 3 N–H and O–H groups in total. The smallest absolute Gasteiger partial charge is 0.320 e. The first-order valence-electron chi connectivity index (χ1n) is 9.19. The van der Waals surface area contributed by atoms with E-state index in [1.165, 1.54) is 6.20 Å². The zero-order chi connectivity index (χ0) is 20.6. The molecule has 0 spiro atoms. The Balaban J connectivity index is 1.89. The molecule has 0 bridgehead atoms. The molecule has 7 heteroatoms. The van der Waals surface area contributed by atoms with Gasteiger partial charge in [0.25, 0.3) is 0 Å². The fourth-order valence-corrected chi connectivity index (χ4v) is 2.99. The van der Waals surface area contributed by atoms with Gasteiger partial charge >= 0.3 is 6.03 Å². The normalized spacial score (nSPS) is 10.3. The van der Waals surface area contributed by atoms with Crippen LogP contribution < -0.4 is 16.0 Å². The molecular weight excluding hydrogens is 388 g/mol. The third kappa shape index (κ3) is 5.80. The number of pyridine rings is 1. The quantitative estimate of drug-likeness (QED) is 0.478. The number of urea groups is 1. The Kier molecular flexibility index (Phi) is 6.81. The first-order chi connectivity index (χ1) is 14.0. The first-order valence-corrected chi connectivity index (χ1v) is 9.57. The van der Waals surface area contributed by atoms with E-state index < -0.39 is 0 Å². The van der Waals surface area contributed by atoms with Crippen LogP contribution in [-0.4, -0.2) is 23.3 Å². The van der Waals surface area contributed by atoms with Gasteiger partial charge in [0.15, 0.2) is 5.78 Å². The summed E-state index contributed by atoms with van der Waals surface area (Å²) >= 11 is 6.03. The average molecular weight is 409 g/mol. The van der Waals surface area contributed by atoms with Gasteiger partial charge in [0, 0.05) is 35.9 Å². The topological polar surface area (TPSA) is 83.1 Å². The molecule has 0 aliphatic rings. The van der Waals surface area contributed by atoms with Crippen molar-refractivity contribution in [3.63, 3.8) is 0 Å². The maximum absolute atomic E-state index is 12.9. The number of para-hydroxylation sites is 1. The van der Waals surface area contributed by atoms with Gasteiger partial charge in [-0.1, -0.05) is 41.9 Å². The van der Waals surface area contributed by atoms with Crippen LogP contribution in [0.2, 0.25) is 5.02 Å². The number of halogens is 1. The molecule has 0 aliphatic carbocycles. The van der Waals surface area contributed by atoms with Crippen LogP contribution in [0.4, 0.5) is 22.0 Å². The van der Waals surface area contributed by atoms with Gasteiger partial charge in [0.05, 0.1) is 11.3 Å². The Labute approximate surface area is 174 Å². The fourth-order valence-electron chi connectivity index (χ4n) is 2.77. The molecule has 3 rings (SSSR count). The molecule has 6 nitrogen and oxygen atoms in total. The third-order valence-corrected chi connectivity index (χ3v) is 4.32. The zero-order valence-corrected chi connectivity index (χ0v) is 16.7. The van der Waals surface area contributed by atoms with Gasteiger partial charge in [0.1, 0.15) is 5.82 Å². The molecule has 1 heterocycles. The SMILES string of the molecule is CCNC(=O)Nc1cc(Nc2ccccc2)c(C(=O)Cc2cccc(Cl)c2)cn1. The summed E-state index contributed by atoms with van der Waals surface area (Å²) in [7, 11) is 0. The van der Waals surface area contributed by atoms with Crippen LogP contribution >= 0.6 is 11.6 Å². The Morgan fingerprint density at radius 2 is 1.83 bits per heavy atom. The molecule has 0 fully saturated rings. The van der Waals surface area contributed by atoms with E-state index in [1.54, 1.807) is 18.2 Å². The van der Waals surface area contributed by atoms with E-state index in [-0.39, 0.29) is 18.2 Å². The lowest BCUT2D eigenvalue weighted by Crippen LogP contribution is -2.28. The molecular formula is C22H21ClN4O2. The molecule has 0 unspecified atom stereocenters. The summed E-state index contributed by atoms with van der Waals surface area (Å²) in [6.07, 6.45) is 1.66. The van der Waals surface area contributed by atoms with Gasteiger partial charge in [-0.15, -0.1) is 0 Å². The van der Waals surface area contributed by atoms with Gasteiger partial charge in [-0.3, -0.25) is 10.1 Å². The minimum Gasteiger partial charge on any atom is -0.355 e. The number of anilines is 3. The molecule has 2 aromatic carbocycles. The van der Waals surface area contributed by atoms with Crippen LogP contribution in [-0.2, 0) is 6.42 Å². The Morgan fingerprint density at radius 1 is 1.03 bits per heavy atom. The number of ketones is 1. The molecule has 29 heavy (non-hydrogen) atoms. The van der Waals surface area contributed by atoms with Crippen LogP contribution in [0, 0.1) is 0 Å². The Morgan fingerprint density at radius 3 is 2.55 bits per heavy atom. The summed E-state index contributed by atoms with van der Waals surface area (Å²) in [6, 6.07) is 18.0. The lowest BCUT2D eigenvalue weighted by atomic mass is 10.0. The number of hydrogen-bond donors (Lipinski definition) is 3. The average Bonchev–Trinajstić information content (AvgIpc) is 2.69. The summed E-state index contributed by atoms with van der Waals surface area (Å²) in [5, 5.41) is 9.13. The molecule has 2 amide bonds. The fraction of sp³-hybridized carbons (Fsp3) is 0.136. The van der Waals surface area contributed by atoms with Crippen molar-refractivity contribution < 1.29 is 9.59 Å². The molecule has 3 aromatic rings. The monoisotopic (exact) mass is 408 g/mol. The summed E-state index contributed by atoms with van der Waals surface area (Å²) in [5.41, 5.74) is 2.62. The van der Waals surface area contributed by atoms with Gasteiger partial charge in [-0.25, -0.2) is 9.78 Å². The minimum absolute atomic E-state index is 0.109. The second-order valence-corrected chi connectivity index (χ2v) is 6.76. The predicted molar refractivity (Wildman–Crippen MR) is 116 cm³/mol. The lowest BCUT2D eigenvalue weighted by molar-refractivity contribution is 0.0993. The number of carbonyl (C=O) groups excluding carboxylic acids is 2. The number of nitrogens with one attached hydrogen (secondary N) is 3. The van der Waals surface area contributed by atoms with Gasteiger partial charge < -0.3 is 10.6 Å². The molecule has 1 aromatic heterocycles. The van der Waals surface area contributed by atoms with Crippen LogP contribution in [0.3, 0.4) is 0 Å². The van der Waals surface area contributed by atoms with Crippen molar-refractivity contribution in [2.75, 3.05) is 17.2 Å². The summed E-state index contributed by atoms with van der Waals surface area (Å²) in [4.78, 5) is 29.0. The molecule has 0 aliphatic heterocycles. The van der Waals surface area contributed by atoms with E-state index in [0.29, 0.717) is 28.6 Å². The summed E-state index contributed by atoms with van der Waals surface area (Å²) in [6.45, 7) is 2.32. The van der Waals surface area contributed by atoms with E-state index >= 15 is 0 Å². The third-order valence-electron chi connectivity index (χ3n) is 4.09. The van der Waals surface area contributed by atoms with Gasteiger partial charge in [-0.2, -0.15) is 0 Å². The number of hydrogen-bond acceptors (Lipinski definition) is 4. The standard InChI is InChI=1S/C22H21ClN4O2/c1-2-24-22(29)27-21-13-19(26-17-9-4-3-5-10-17)18(14-25-21)20(28)12-15-7-6-8-16(23)11-15/h3-11,13-14H,2,12H2,1H3,(H3,24,25,26,27,29). The van der Waals surface area contributed by atoms with Gasteiger partial charge in [0.2, 0.25) is 0 Å². The Hall–Kier alpha value is -3.38. The molecule has 0 saturated carbocycles. The highest BCUT2D eigenvalue weighted by atomic mass is 35.5.